The number of phenolic OH excluding ortho intramolecular Hbond substituents is 1. The molecule has 0 aliphatic heterocycles. The van der Waals surface area contributed by atoms with Gasteiger partial charge in [-0.2, -0.15) is 0 Å². The van der Waals surface area contributed by atoms with Crippen LogP contribution in [-0.2, 0) is 5.75 Å². The molecular weight excluding hydrogens is 354 g/mol. The van der Waals surface area contributed by atoms with Gasteiger partial charge in [0, 0.05) is 35.2 Å². The van der Waals surface area contributed by atoms with E-state index in [2.05, 4.69) is 15.2 Å². The first kappa shape index (κ1) is 16.3. The molecule has 3 aromatic heterocycles. The van der Waals surface area contributed by atoms with Crippen LogP contribution in [0.25, 0.3) is 22.4 Å². The van der Waals surface area contributed by atoms with Gasteiger partial charge in [0.25, 0.3) is 5.22 Å². The van der Waals surface area contributed by atoms with Crippen LogP contribution in [0.4, 0.5) is 0 Å². The van der Waals surface area contributed by atoms with Crippen LogP contribution in [0.2, 0.25) is 0 Å². The molecule has 0 saturated carbocycles. The number of thioether (sulfide) groups is 1. The highest BCUT2D eigenvalue weighted by Gasteiger charge is 2.13. The summed E-state index contributed by atoms with van der Waals surface area (Å²) in [6, 6.07) is 8.37. The zero-order chi connectivity index (χ0) is 18.1. The smallest absolute Gasteiger partial charge is 0.336 e. The van der Waals surface area contributed by atoms with E-state index in [1.165, 1.54) is 17.8 Å². The largest absolute Gasteiger partial charge is 0.508 e. The molecule has 0 bridgehead atoms. The molecule has 7 nitrogen and oxygen atoms in total. The molecule has 0 saturated heterocycles. The van der Waals surface area contributed by atoms with E-state index in [-0.39, 0.29) is 5.75 Å². The molecule has 0 amide bonds. The fourth-order valence-electron chi connectivity index (χ4n) is 2.55. The van der Waals surface area contributed by atoms with Crippen molar-refractivity contribution in [2.45, 2.75) is 17.9 Å². The minimum absolute atomic E-state index is 0.0865. The Morgan fingerprint density at radius 2 is 2.08 bits per heavy atom. The number of rotatable bonds is 4. The minimum atomic E-state index is -0.469. The summed E-state index contributed by atoms with van der Waals surface area (Å²) in [6.45, 7) is 1.70. The fourth-order valence-corrected chi connectivity index (χ4v) is 3.30. The van der Waals surface area contributed by atoms with Crippen molar-refractivity contribution in [3.05, 3.63) is 64.3 Å². The standard InChI is InChI=1S/C18H13N3O4S/c1-10-14(22)5-4-13-12(7-15(23)24-16(10)13)9-26-18-21-20-17(25-18)11-3-2-6-19-8-11/h2-8,22H,9H2,1H3. The van der Waals surface area contributed by atoms with Gasteiger partial charge in [-0.25, -0.2) is 4.79 Å². The Labute approximate surface area is 151 Å². The summed E-state index contributed by atoms with van der Waals surface area (Å²) in [4.78, 5) is 15.9. The van der Waals surface area contributed by atoms with Gasteiger partial charge >= 0.3 is 5.63 Å². The van der Waals surface area contributed by atoms with E-state index in [4.69, 9.17) is 8.83 Å². The van der Waals surface area contributed by atoms with Gasteiger partial charge < -0.3 is 13.9 Å². The van der Waals surface area contributed by atoms with Crippen molar-refractivity contribution in [3.8, 4) is 17.2 Å². The van der Waals surface area contributed by atoms with Gasteiger partial charge in [0.15, 0.2) is 0 Å². The molecule has 0 unspecified atom stereocenters. The number of aromatic hydroxyl groups is 1. The summed E-state index contributed by atoms with van der Waals surface area (Å²) in [7, 11) is 0. The second-order valence-electron chi connectivity index (χ2n) is 5.58. The molecule has 0 spiro atoms. The van der Waals surface area contributed by atoms with Gasteiger partial charge in [-0.1, -0.05) is 11.8 Å². The molecule has 4 rings (SSSR count). The van der Waals surface area contributed by atoms with Crippen LogP contribution < -0.4 is 5.63 Å². The summed E-state index contributed by atoms with van der Waals surface area (Å²) in [5.74, 6) is 0.920. The highest BCUT2D eigenvalue weighted by atomic mass is 32.2. The summed E-state index contributed by atoms with van der Waals surface area (Å²) in [6.07, 6.45) is 3.31. The summed E-state index contributed by atoms with van der Waals surface area (Å²) in [5.41, 5.74) is 1.95. The van der Waals surface area contributed by atoms with Crippen molar-refractivity contribution < 1.29 is 13.9 Å². The number of benzene rings is 1. The van der Waals surface area contributed by atoms with E-state index in [9.17, 15) is 9.90 Å². The number of aromatic nitrogens is 3. The van der Waals surface area contributed by atoms with Crippen LogP contribution >= 0.6 is 11.8 Å². The number of hydrogen-bond acceptors (Lipinski definition) is 8. The molecular formula is C18H13N3O4S. The molecule has 1 aromatic carbocycles. The van der Waals surface area contributed by atoms with Gasteiger partial charge in [0.05, 0.1) is 5.56 Å². The minimum Gasteiger partial charge on any atom is -0.508 e. The van der Waals surface area contributed by atoms with E-state index in [0.717, 1.165) is 16.5 Å². The third-order valence-corrected chi connectivity index (χ3v) is 4.75. The third-order valence-electron chi connectivity index (χ3n) is 3.88. The first-order valence-electron chi connectivity index (χ1n) is 7.74. The Morgan fingerprint density at radius 1 is 1.19 bits per heavy atom. The Morgan fingerprint density at radius 3 is 2.88 bits per heavy atom. The van der Waals surface area contributed by atoms with Crippen molar-refractivity contribution in [1.29, 1.82) is 0 Å². The van der Waals surface area contributed by atoms with Crippen molar-refractivity contribution in [1.82, 2.24) is 15.2 Å². The Kier molecular flexibility index (Phi) is 4.18. The van der Waals surface area contributed by atoms with Crippen molar-refractivity contribution in [3.63, 3.8) is 0 Å². The van der Waals surface area contributed by atoms with Crippen LogP contribution in [0.5, 0.6) is 5.75 Å². The Bertz CT molecular complexity index is 1140. The topological polar surface area (TPSA) is 102 Å². The number of aryl methyl sites for hydroxylation is 1. The molecule has 3 heterocycles. The maximum atomic E-state index is 11.9. The third kappa shape index (κ3) is 3.06. The van der Waals surface area contributed by atoms with Gasteiger partial charge in [-0.15, -0.1) is 10.2 Å². The molecule has 8 heteroatoms. The number of nitrogens with zero attached hydrogens (tertiary/aromatic N) is 3. The lowest BCUT2D eigenvalue weighted by atomic mass is 10.1. The van der Waals surface area contributed by atoms with E-state index in [0.29, 0.717) is 28.0 Å². The molecule has 0 fully saturated rings. The summed E-state index contributed by atoms with van der Waals surface area (Å²) in [5, 5.41) is 19.0. The number of phenols is 1. The van der Waals surface area contributed by atoms with Crippen LogP contribution in [0.15, 0.2) is 61.6 Å². The fraction of sp³-hybridized carbons (Fsp3) is 0.111. The lowest BCUT2D eigenvalue weighted by molar-refractivity contribution is 0.465. The lowest BCUT2D eigenvalue weighted by Gasteiger charge is -2.07. The van der Waals surface area contributed by atoms with Gasteiger partial charge in [0.2, 0.25) is 5.89 Å². The van der Waals surface area contributed by atoms with E-state index in [1.807, 2.05) is 6.07 Å². The second kappa shape index (κ2) is 6.64. The summed E-state index contributed by atoms with van der Waals surface area (Å²) < 4.78 is 10.9. The second-order valence-corrected chi connectivity index (χ2v) is 6.51. The highest BCUT2D eigenvalue weighted by molar-refractivity contribution is 7.98. The predicted octanol–water partition coefficient (Wildman–Crippen LogP) is 3.54. The Balaban J connectivity index is 1.62. The average Bonchev–Trinajstić information content (AvgIpc) is 3.13. The molecule has 130 valence electrons. The normalized spacial score (nSPS) is 11.1. The van der Waals surface area contributed by atoms with Crippen molar-refractivity contribution >= 4 is 22.7 Å². The molecule has 26 heavy (non-hydrogen) atoms. The first-order valence-corrected chi connectivity index (χ1v) is 8.72. The lowest BCUT2D eigenvalue weighted by Crippen LogP contribution is -2.01. The molecule has 0 aliphatic carbocycles. The molecule has 0 atom stereocenters. The van der Waals surface area contributed by atoms with Crippen LogP contribution in [0.1, 0.15) is 11.1 Å². The highest BCUT2D eigenvalue weighted by Crippen LogP contribution is 2.31. The van der Waals surface area contributed by atoms with Gasteiger partial charge in [0.1, 0.15) is 11.3 Å². The van der Waals surface area contributed by atoms with E-state index in [1.54, 1.807) is 37.5 Å². The first-order chi connectivity index (χ1) is 12.6. The van der Waals surface area contributed by atoms with Crippen LogP contribution in [0, 0.1) is 6.92 Å². The number of pyridine rings is 1. The van der Waals surface area contributed by atoms with Crippen LogP contribution in [0.3, 0.4) is 0 Å². The Hall–Kier alpha value is -3.13. The average molecular weight is 367 g/mol. The SMILES string of the molecule is Cc1c(O)ccc2c(CSc3nnc(-c4cccnc4)o3)cc(=O)oc12. The molecule has 0 radical (unpaired) electrons. The summed E-state index contributed by atoms with van der Waals surface area (Å²) >= 11 is 1.32. The van der Waals surface area contributed by atoms with Crippen LogP contribution in [-0.4, -0.2) is 20.3 Å². The van der Waals surface area contributed by atoms with E-state index < -0.39 is 5.63 Å². The maximum absolute atomic E-state index is 11.9. The molecule has 0 aliphatic rings. The number of fused-ring (bicyclic) bond motifs is 1. The maximum Gasteiger partial charge on any atom is 0.336 e. The monoisotopic (exact) mass is 367 g/mol. The van der Waals surface area contributed by atoms with Gasteiger partial charge in [-0.3, -0.25) is 4.98 Å². The van der Waals surface area contributed by atoms with Gasteiger partial charge in [-0.05, 0) is 36.8 Å². The zero-order valence-electron chi connectivity index (χ0n) is 13.7. The molecule has 4 aromatic rings. The quantitative estimate of drug-likeness (QED) is 0.431. The van der Waals surface area contributed by atoms with Crippen molar-refractivity contribution in [2.75, 3.05) is 0 Å². The zero-order valence-corrected chi connectivity index (χ0v) is 14.5. The predicted molar refractivity (Wildman–Crippen MR) is 96.0 cm³/mol. The van der Waals surface area contributed by atoms with Crippen molar-refractivity contribution in [2.24, 2.45) is 0 Å². The molecule has 1 N–H and O–H groups in total. The number of hydrogen-bond donors (Lipinski definition) is 1. The van der Waals surface area contributed by atoms with E-state index >= 15 is 0 Å².